The van der Waals surface area contributed by atoms with E-state index in [0.717, 1.165) is 31.5 Å². The third kappa shape index (κ3) is 2.79. The number of amides is 1. The number of hydrogen-bond acceptors (Lipinski definition) is 3. The summed E-state index contributed by atoms with van der Waals surface area (Å²) in [5, 5.41) is 9.34. The van der Waals surface area contributed by atoms with Crippen LogP contribution in [0.1, 0.15) is 40.4 Å². The number of aromatic hydroxyl groups is 1. The molecule has 2 aromatic rings. The SMILES string of the molecule is Cc1ccoc1C(=O)N1CCC(c2ccc(O)cc2)CC1. The summed E-state index contributed by atoms with van der Waals surface area (Å²) >= 11 is 0. The number of likely N-dealkylation sites (tertiary alicyclic amines) is 1. The lowest BCUT2D eigenvalue weighted by atomic mass is 9.89. The van der Waals surface area contributed by atoms with Crippen molar-refractivity contribution in [2.75, 3.05) is 13.1 Å². The number of hydrogen-bond donors (Lipinski definition) is 1. The normalized spacial score (nSPS) is 16.1. The highest BCUT2D eigenvalue weighted by Gasteiger charge is 2.26. The third-order valence-corrected chi connectivity index (χ3v) is 4.20. The van der Waals surface area contributed by atoms with Gasteiger partial charge in [-0.2, -0.15) is 0 Å². The first kappa shape index (κ1) is 13.7. The number of rotatable bonds is 2. The van der Waals surface area contributed by atoms with Crippen LogP contribution in [0.3, 0.4) is 0 Å². The summed E-state index contributed by atoms with van der Waals surface area (Å²) in [6.45, 7) is 3.37. The Morgan fingerprint density at radius 3 is 2.43 bits per heavy atom. The molecule has 1 aromatic heterocycles. The molecule has 0 radical (unpaired) electrons. The van der Waals surface area contributed by atoms with Crippen LogP contribution in [0.2, 0.25) is 0 Å². The summed E-state index contributed by atoms with van der Waals surface area (Å²) in [7, 11) is 0. The summed E-state index contributed by atoms with van der Waals surface area (Å²) < 4.78 is 5.28. The Bertz CT molecular complexity index is 622. The maximum Gasteiger partial charge on any atom is 0.289 e. The topological polar surface area (TPSA) is 53.7 Å². The molecule has 2 heterocycles. The Kier molecular flexibility index (Phi) is 3.69. The van der Waals surface area contributed by atoms with Crippen molar-refractivity contribution in [3.8, 4) is 5.75 Å². The number of aryl methyl sites for hydroxylation is 1. The number of carbonyl (C=O) groups is 1. The van der Waals surface area contributed by atoms with Crippen LogP contribution in [-0.4, -0.2) is 29.0 Å². The van der Waals surface area contributed by atoms with E-state index in [1.165, 1.54) is 5.56 Å². The van der Waals surface area contributed by atoms with Crippen LogP contribution >= 0.6 is 0 Å². The van der Waals surface area contributed by atoms with Gasteiger partial charge in [0.15, 0.2) is 5.76 Å². The van der Waals surface area contributed by atoms with Crippen molar-refractivity contribution in [1.29, 1.82) is 0 Å². The quantitative estimate of drug-likeness (QED) is 0.921. The van der Waals surface area contributed by atoms with Crippen molar-refractivity contribution in [1.82, 2.24) is 4.90 Å². The Morgan fingerprint density at radius 2 is 1.86 bits per heavy atom. The minimum Gasteiger partial charge on any atom is -0.508 e. The van der Waals surface area contributed by atoms with Crippen molar-refractivity contribution in [3.63, 3.8) is 0 Å². The number of phenolic OH excluding ortho intramolecular Hbond substituents is 1. The zero-order valence-electron chi connectivity index (χ0n) is 12.1. The summed E-state index contributed by atoms with van der Waals surface area (Å²) in [4.78, 5) is 14.2. The first-order valence-electron chi connectivity index (χ1n) is 7.27. The first-order valence-corrected chi connectivity index (χ1v) is 7.27. The molecule has 1 N–H and O–H groups in total. The number of nitrogens with zero attached hydrogens (tertiary/aromatic N) is 1. The second kappa shape index (κ2) is 5.64. The van der Waals surface area contributed by atoms with E-state index in [4.69, 9.17) is 4.42 Å². The fourth-order valence-electron chi connectivity index (χ4n) is 2.90. The summed E-state index contributed by atoms with van der Waals surface area (Å²) in [5.41, 5.74) is 2.12. The Labute approximate surface area is 124 Å². The van der Waals surface area contributed by atoms with Gasteiger partial charge in [-0.1, -0.05) is 12.1 Å². The van der Waals surface area contributed by atoms with Crippen molar-refractivity contribution >= 4 is 5.91 Å². The van der Waals surface area contributed by atoms with Gasteiger partial charge in [-0.3, -0.25) is 4.79 Å². The van der Waals surface area contributed by atoms with E-state index >= 15 is 0 Å². The molecule has 1 fully saturated rings. The zero-order chi connectivity index (χ0) is 14.8. The molecule has 1 saturated heterocycles. The van der Waals surface area contributed by atoms with Crippen LogP contribution < -0.4 is 0 Å². The molecule has 4 nitrogen and oxygen atoms in total. The summed E-state index contributed by atoms with van der Waals surface area (Å²) in [6.07, 6.45) is 3.44. The zero-order valence-corrected chi connectivity index (χ0v) is 12.1. The Morgan fingerprint density at radius 1 is 1.19 bits per heavy atom. The fourth-order valence-corrected chi connectivity index (χ4v) is 2.90. The predicted molar refractivity (Wildman–Crippen MR) is 79.4 cm³/mol. The molecule has 0 saturated carbocycles. The van der Waals surface area contributed by atoms with Crippen LogP contribution in [-0.2, 0) is 0 Å². The molecule has 1 aliphatic rings. The number of furan rings is 1. The molecule has 0 atom stereocenters. The lowest BCUT2D eigenvalue weighted by molar-refractivity contribution is 0.0680. The standard InChI is InChI=1S/C17H19NO3/c1-12-8-11-21-16(12)17(20)18-9-6-14(7-10-18)13-2-4-15(19)5-3-13/h2-5,8,11,14,19H,6-7,9-10H2,1H3. The Hall–Kier alpha value is -2.23. The van der Waals surface area contributed by atoms with Gasteiger partial charge in [-0.25, -0.2) is 0 Å². The molecule has 0 aliphatic carbocycles. The third-order valence-electron chi connectivity index (χ3n) is 4.20. The minimum absolute atomic E-state index is 0.0124. The summed E-state index contributed by atoms with van der Waals surface area (Å²) in [6, 6.07) is 9.19. The van der Waals surface area contributed by atoms with E-state index < -0.39 is 0 Å². The molecule has 1 aliphatic heterocycles. The Balaban J connectivity index is 1.64. The molecule has 110 valence electrons. The second-order valence-electron chi connectivity index (χ2n) is 5.59. The molecule has 0 unspecified atom stereocenters. The molecule has 3 rings (SSSR count). The van der Waals surface area contributed by atoms with Crippen LogP contribution in [0.5, 0.6) is 5.75 Å². The van der Waals surface area contributed by atoms with Gasteiger partial charge < -0.3 is 14.4 Å². The number of carbonyl (C=O) groups excluding carboxylic acids is 1. The van der Waals surface area contributed by atoms with Crippen LogP contribution in [0.25, 0.3) is 0 Å². The van der Waals surface area contributed by atoms with Gasteiger partial charge in [-0.05, 0) is 49.4 Å². The molecule has 0 bridgehead atoms. The van der Waals surface area contributed by atoms with Crippen LogP contribution in [0.15, 0.2) is 41.0 Å². The van der Waals surface area contributed by atoms with E-state index in [-0.39, 0.29) is 5.91 Å². The highest BCUT2D eigenvalue weighted by atomic mass is 16.3. The van der Waals surface area contributed by atoms with Crippen LogP contribution in [0.4, 0.5) is 0 Å². The van der Waals surface area contributed by atoms with E-state index in [1.807, 2.05) is 30.0 Å². The smallest absolute Gasteiger partial charge is 0.289 e. The molecule has 21 heavy (non-hydrogen) atoms. The van der Waals surface area contributed by atoms with Gasteiger partial charge in [0.1, 0.15) is 5.75 Å². The highest BCUT2D eigenvalue weighted by molar-refractivity contribution is 5.92. The van der Waals surface area contributed by atoms with E-state index in [0.29, 0.717) is 17.4 Å². The first-order chi connectivity index (χ1) is 10.1. The largest absolute Gasteiger partial charge is 0.508 e. The molecule has 1 aromatic carbocycles. The van der Waals surface area contributed by atoms with Gasteiger partial charge in [0, 0.05) is 18.7 Å². The molecular weight excluding hydrogens is 266 g/mol. The van der Waals surface area contributed by atoms with Crippen molar-refractivity contribution in [2.24, 2.45) is 0 Å². The molecular formula is C17H19NO3. The van der Waals surface area contributed by atoms with Crippen molar-refractivity contribution in [3.05, 3.63) is 53.5 Å². The van der Waals surface area contributed by atoms with E-state index in [1.54, 1.807) is 18.4 Å². The van der Waals surface area contributed by atoms with E-state index in [9.17, 15) is 9.90 Å². The average molecular weight is 285 g/mol. The van der Waals surface area contributed by atoms with Gasteiger partial charge in [0.2, 0.25) is 0 Å². The van der Waals surface area contributed by atoms with Gasteiger partial charge in [-0.15, -0.1) is 0 Å². The maximum absolute atomic E-state index is 12.4. The molecule has 0 spiro atoms. The van der Waals surface area contributed by atoms with Gasteiger partial charge >= 0.3 is 0 Å². The van der Waals surface area contributed by atoms with Crippen LogP contribution in [0, 0.1) is 6.92 Å². The van der Waals surface area contributed by atoms with Crippen molar-refractivity contribution in [2.45, 2.75) is 25.7 Å². The second-order valence-corrected chi connectivity index (χ2v) is 5.59. The van der Waals surface area contributed by atoms with Gasteiger partial charge in [0.05, 0.1) is 6.26 Å². The lowest BCUT2D eigenvalue weighted by Crippen LogP contribution is -2.38. The highest BCUT2D eigenvalue weighted by Crippen LogP contribution is 2.29. The number of phenols is 1. The fraction of sp³-hybridized carbons (Fsp3) is 0.353. The summed E-state index contributed by atoms with van der Waals surface area (Å²) in [5.74, 6) is 1.19. The predicted octanol–water partition coefficient (Wildman–Crippen LogP) is 3.31. The molecule has 1 amide bonds. The number of piperidine rings is 1. The molecule has 4 heteroatoms. The monoisotopic (exact) mass is 285 g/mol. The average Bonchev–Trinajstić information content (AvgIpc) is 2.94. The maximum atomic E-state index is 12.4. The lowest BCUT2D eigenvalue weighted by Gasteiger charge is -2.31. The van der Waals surface area contributed by atoms with E-state index in [2.05, 4.69) is 0 Å². The van der Waals surface area contributed by atoms with Gasteiger partial charge in [0.25, 0.3) is 5.91 Å². The number of benzene rings is 1. The minimum atomic E-state index is -0.0124. The van der Waals surface area contributed by atoms with Crippen molar-refractivity contribution < 1.29 is 14.3 Å².